The van der Waals surface area contributed by atoms with Crippen LogP contribution in [0.25, 0.3) is 0 Å². The van der Waals surface area contributed by atoms with Crippen LogP contribution in [0, 0.1) is 6.92 Å². The van der Waals surface area contributed by atoms with Gasteiger partial charge < -0.3 is 10.1 Å². The Morgan fingerprint density at radius 2 is 2.31 bits per heavy atom. The van der Waals surface area contributed by atoms with Gasteiger partial charge in [-0.15, -0.1) is 0 Å². The van der Waals surface area contributed by atoms with Crippen LogP contribution in [0.2, 0.25) is 0 Å². The van der Waals surface area contributed by atoms with Crippen molar-refractivity contribution in [3.8, 4) is 0 Å². The number of ether oxygens (including phenoxy) is 1. The molecule has 1 unspecified atom stereocenters. The Hall–Kier alpha value is -0.870. The molecule has 0 fully saturated rings. The van der Waals surface area contributed by atoms with E-state index in [9.17, 15) is 0 Å². The van der Waals surface area contributed by atoms with Crippen molar-refractivity contribution in [2.75, 3.05) is 20.3 Å². The lowest BCUT2D eigenvalue weighted by Gasteiger charge is -2.16. The molecule has 0 amide bonds. The third kappa shape index (κ3) is 3.94. The highest BCUT2D eigenvalue weighted by Crippen LogP contribution is 2.07. The Bertz CT molecular complexity index is 303. The van der Waals surface area contributed by atoms with Crippen molar-refractivity contribution < 1.29 is 4.74 Å². The fraction of sp³-hybridized carbons (Fsp3) is 0.750. The molecular formula is C12H23N3O. The molecule has 0 aliphatic heterocycles. The standard InChI is InChI=1S/C12H23N3O/c1-5-13-11(9-16-4)6-7-12-8-10(2)14-15(12)3/h8,11,13H,5-7,9H2,1-4H3. The van der Waals surface area contributed by atoms with Crippen molar-refractivity contribution in [1.82, 2.24) is 15.1 Å². The molecule has 1 atom stereocenters. The largest absolute Gasteiger partial charge is 0.383 e. The number of nitrogens with zero attached hydrogens (tertiary/aromatic N) is 2. The summed E-state index contributed by atoms with van der Waals surface area (Å²) in [6.07, 6.45) is 2.12. The minimum Gasteiger partial charge on any atom is -0.383 e. The second-order valence-corrected chi connectivity index (χ2v) is 4.15. The van der Waals surface area contributed by atoms with Gasteiger partial charge in [-0.3, -0.25) is 4.68 Å². The van der Waals surface area contributed by atoms with Crippen LogP contribution < -0.4 is 5.32 Å². The Morgan fingerprint density at radius 1 is 1.56 bits per heavy atom. The zero-order chi connectivity index (χ0) is 12.0. The van der Waals surface area contributed by atoms with Crippen LogP contribution >= 0.6 is 0 Å². The Labute approximate surface area is 98.0 Å². The molecule has 0 aromatic carbocycles. The summed E-state index contributed by atoms with van der Waals surface area (Å²) in [4.78, 5) is 0. The molecule has 0 saturated carbocycles. The molecule has 0 aliphatic rings. The number of methoxy groups -OCH3 is 1. The Morgan fingerprint density at radius 3 is 2.81 bits per heavy atom. The van der Waals surface area contributed by atoms with Gasteiger partial charge in [0, 0.05) is 25.9 Å². The summed E-state index contributed by atoms with van der Waals surface area (Å²) in [7, 11) is 3.75. The second kappa shape index (κ2) is 6.66. The first-order valence-electron chi connectivity index (χ1n) is 5.89. The van der Waals surface area contributed by atoms with E-state index in [1.165, 1.54) is 5.69 Å². The van der Waals surface area contributed by atoms with Gasteiger partial charge in [-0.05, 0) is 32.4 Å². The first-order chi connectivity index (χ1) is 7.67. The van der Waals surface area contributed by atoms with E-state index in [4.69, 9.17) is 4.74 Å². The van der Waals surface area contributed by atoms with Crippen molar-refractivity contribution >= 4 is 0 Å². The second-order valence-electron chi connectivity index (χ2n) is 4.15. The maximum atomic E-state index is 5.20. The minimum absolute atomic E-state index is 0.435. The predicted molar refractivity (Wildman–Crippen MR) is 65.6 cm³/mol. The molecule has 4 heteroatoms. The molecule has 1 aromatic heterocycles. The minimum atomic E-state index is 0.435. The monoisotopic (exact) mass is 225 g/mol. The van der Waals surface area contributed by atoms with Crippen molar-refractivity contribution in [2.24, 2.45) is 7.05 Å². The van der Waals surface area contributed by atoms with Gasteiger partial charge in [-0.25, -0.2) is 0 Å². The fourth-order valence-electron chi connectivity index (χ4n) is 1.95. The van der Waals surface area contributed by atoms with E-state index < -0.39 is 0 Å². The summed E-state index contributed by atoms with van der Waals surface area (Å²) in [6.45, 7) is 5.90. The Kier molecular flexibility index (Phi) is 5.49. The first kappa shape index (κ1) is 13.2. The molecule has 1 N–H and O–H groups in total. The summed E-state index contributed by atoms with van der Waals surface area (Å²) < 4.78 is 7.16. The summed E-state index contributed by atoms with van der Waals surface area (Å²) in [5.41, 5.74) is 2.38. The topological polar surface area (TPSA) is 39.1 Å². The third-order valence-corrected chi connectivity index (χ3v) is 2.71. The zero-order valence-electron chi connectivity index (χ0n) is 10.8. The van der Waals surface area contributed by atoms with Crippen LogP contribution in [0.1, 0.15) is 24.7 Å². The predicted octanol–water partition coefficient (Wildman–Crippen LogP) is 1.29. The molecule has 1 heterocycles. The molecule has 92 valence electrons. The molecule has 1 aromatic rings. The zero-order valence-corrected chi connectivity index (χ0v) is 10.8. The normalized spacial score (nSPS) is 13.0. The lowest BCUT2D eigenvalue weighted by molar-refractivity contribution is 0.163. The molecular weight excluding hydrogens is 202 g/mol. The maximum absolute atomic E-state index is 5.20. The highest BCUT2D eigenvalue weighted by atomic mass is 16.5. The van der Waals surface area contributed by atoms with E-state index in [-0.39, 0.29) is 0 Å². The van der Waals surface area contributed by atoms with Gasteiger partial charge >= 0.3 is 0 Å². The lowest BCUT2D eigenvalue weighted by atomic mass is 10.1. The van der Waals surface area contributed by atoms with Crippen molar-refractivity contribution in [3.63, 3.8) is 0 Å². The number of nitrogens with one attached hydrogen (secondary N) is 1. The van der Waals surface area contributed by atoms with Gasteiger partial charge in [0.25, 0.3) is 0 Å². The number of hydrogen-bond donors (Lipinski definition) is 1. The SMILES string of the molecule is CCNC(CCc1cc(C)nn1C)COC. The molecule has 0 spiro atoms. The van der Waals surface area contributed by atoms with Gasteiger partial charge in [0.05, 0.1) is 12.3 Å². The molecule has 16 heavy (non-hydrogen) atoms. The average molecular weight is 225 g/mol. The van der Waals surface area contributed by atoms with Crippen LogP contribution in [-0.2, 0) is 18.2 Å². The average Bonchev–Trinajstić information content (AvgIpc) is 2.54. The number of aromatic nitrogens is 2. The summed E-state index contributed by atoms with van der Waals surface area (Å²) in [5, 5.41) is 7.77. The molecule has 1 rings (SSSR count). The molecule has 0 aliphatic carbocycles. The number of aryl methyl sites for hydroxylation is 3. The van der Waals surface area contributed by atoms with Crippen molar-refractivity contribution in [2.45, 2.75) is 32.7 Å². The van der Waals surface area contributed by atoms with Crippen molar-refractivity contribution in [1.29, 1.82) is 0 Å². The van der Waals surface area contributed by atoms with Crippen LogP contribution in [0.4, 0.5) is 0 Å². The van der Waals surface area contributed by atoms with E-state index in [2.05, 4.69) is 23.4 Å². The van der Waals surface area contributed by atoms with E-state index >= 15 is 0 Å². The van der Waals surface area contributed by atoms with Crippen LogP contribution in [0.15, 0.2) is 6.07 Å². The van der Waals surface area contributed by atoms with E-state index in [1.807, 2.05) is 18.7 Å². The number of hydrogen-bond acceptors (Lipinski definition) is 3. The smallest absolute Gasteiger partial charge is 0.0615 e. The molecule has 0 radical (unpaired) electrons. The fourth-order valence-corrected chi connectivity index (χ4v) is 1.95. The molecule has 0 bridgehead atoms. The number of rotatable bonds is 7. The summed E-state index contributed by atoms with van der Waals surface area (Å²) in [6, 6.07) is 2.58. The van der Waals surface area contributed by atoms with Gasteiger partial charge in [-0.2, -0.15) is 5.10 Å². The maximum Gasteiger partial charge on any atom is 0.0615 e. The Balaban J connectivity index is 2.44. The van der Waals surface area contributed by atoms with Crippen molar-refractivity contribution in [3.05, 3.63) is 17.5 Å². The summed E-state index contributed by atoms with van der Waals surface area (Å²) >= 11 is 0. The summed E-state index contributed by atoms with van der Waals surface area (Å²) in [5.74, 6) is 0. The quantitative estimate of drug-likeness (QED) is 0.760. The van der Waals surface area contributed by atoms with Gasteiger partial charge in [0.2, 0.25) is 0 Å². The number of likely N-dealkylation sites (N-methyl/N-ethyl adjacent to an activating group) is 1. The van der Waals surface area contributed by atoms with Gasteiger partial charge in [-0.1, -0.05) is 6.92 Å². The van der Waals surface area contributed by atoms with E-state index in [0.717, 1.165) is 31.7 Å². The van der Waals surface area contributed by atoms with Crippen LogP contribution in [0.3, 0.4) is 0 Å². The van der Waals surface area contributed by atoms with Gasteiger partial charge in [0.15, 0.2) is 0 Å². The highest BCUT2D eigenvalue weighted by molar-refractivity contribution is 5.08. The molecule has 4 nitrogen and oxygen atoms in total. The highest BCUT2D eigenvalue weighted by Gasteiger charge is 2.09. The lowest BCUT2D eigenvalue weighted by Crippen LogP contribution is -2.33. The van der Waals surface area contributed by atoms with Crippen LogP contribution in [-0.4, -0.2) is 36.1 Å². The third-order valence-electron chi connectivity index (χ3n) is 2.71. The van der Waals surface area contributed by atoms with E-state index in [0.29, 0.717) is 6.04 Å². The van der Waals surface area contributed by atoms with E-state index in [1.54, 1.807) is 7.11 Å². The van der Waals surface area contributed by atoms with Gasteiger partial charge in [0.1, 0.15) is 0 Å². The first-order valence-corrected chi connectivity index (χ1v) is 5.89. The van der Waals surface area contributed by atoms with Crippen LogP contribution in [0.5, 0.6) is 0 Å². The molecule has 0 saturated heterocycles.